The van der Waals surface area contributed by atoms with E-state index in [1.165, 1.54) is 32.5 Å². The van der Waals surface area contributed by atoms with Gasteiger partial charge < -0.3 is 4.74 Å². The number of rotatable bonds is 5. The number of esters is 1. The van der Waals surface area contributed by atoms with Crippen LogP contribution in [-0.2, 0) is 19.6 Å². The average Bonchev–Trinajstić information content (AvgIpc) is 2.37. The predicted molar refractivity (Wildman–Crippen MR) is 70.2 cm³/mol. The summed E-state index contributed by atoms with van der Waals surface area (Å²) in [6, 6.07) is 2.61. The van der Waals surface area contributed by atoms with Crippen LogP contribution in [0.5, 0.6) is 0 Å². The molecule has 0 aromatic carbocycles. The molecule has 8 heteroatoms. The number of hydrogen-bond donors (Lipinski definition) is 0. The van der Waals surface area contributed by atoms with Gasteiger partial charge in [0, 0.05) is 19.8 Å². The van der Waals surface area contributed by atoms with Crippen LogP contribution in [0.4, 0.5) is 0 Å². The van der Waals surface area contributed by atoms with Crippen LogP contribution in [0.15, 0.2) is 23.2 Å². The fourth-order valence-corrected chi connectivity index (χ4v) is 3.00. The van der Waals surface area contributed by atoms with Gasteiger partial charge in [0.25, 0.3) is 0 Å². The average molecular weight is 307 g/mol. The van der Waals surface area contributed by atoms with Crippen molar-refractivity contribution >= 4 is 27.6 Å². The van der Waals surface area contributed by atoms with Crippen LogP contribution in [0.1, 0.15) is 6.92 Å². The molecule has 0 saturated heterocycles. The summed E-state index contributed by atoms with van der Waals surface area (Å²) >= 11 is 5.67. The van der Waals surface area contributed by atoms with Crippen molar-refractivity contribution in [2.24, 2.45) is 5.92 Å². The zero-order valence-corrected chi connectivity index (χ0v) is 12.4. The Kier molecular flexibility index (Phi) is 5.28. The summed E-state index contributed by atoms with van der Waals surface area (Å²) in [6.07, 6.45) is 1.31. The maximum Gasteiger partial charge on any atom is 0.309 e. The van der Waals surface area contributed by atoms with E-state index in [0.29, 0.717) is 0 Å². The number of hydrogen-bond acceptors (Lipinski definition) is 5. The van der Waals surface area contributed by atoms with E-state index in [4.69, 9.17) is 11.6 Å². The first-order valence-corrected chi connectivity index (χ1v) is 7.26. The first-order valence-electron chi connectivity index (χ1n) is 5.44. The number of halogens is 1. The second-order valence-corrected chi connectivity index (χ2v) is 6.46. The van der Waals surface area contributed by atoms with Crippen molar-refractivity contribution in [1.82, 2.24) is 9.29 Å². The normalized spacial score (nSPS) is 13.3. The summed E-state index contributed by atoms with van der Waals surface area (Å²) in [6.45, 7) is 1.62. The molecule has 0 aliphatic carbocycles. The fraction of sp³-hybridized carbons (Fsp3) is 0.455. The SMILES string of the molecule is COC(=O)C(C)CN(C)S(=O)(=O)c1ccnc(Cl)c1. The molecule has 1 rings (SSSR count). The minimum atomic E-state index is -3.70. The summed E-state index contributed by atoms with van der Waals surface area (Å²) < 4.78 is 30.1. The van der Waals surface area contributed by atoms with Crippen LogP contribution >= 0.6 is 11.6 Å². The van der Waals surface area contributed by atoms with Crippen molar-refractivity contribution in [1.29, 1.82) is 0 Å². The number of carbonyl (C=O) groups excluding carboxylic acids is 1. The number of aromatic nitrogens is 1. The third-order valence-corrected chi connectivity index (χ3v) is 4.57. The van der Waals surface area contributed by atoms with Gasteiger partial charge in [-0.1, -0.05) is 18.5 Å². The zero-order chi connectivity index (χ0) is 14.6. The molecule has 1 aromatic rings. The number of pyridine rings is 1. The smallest absolute Gasteiger partial charge is 0.309 e. The van der Waals surface area contributed by atoms with Gasteiger partial charge in [-0.25, -0.2) is 17.7 Å². The van der Waals surface area contributed by atoms with Gasteiger partial charge in [0.15, 0.2) is 0 Å². The topological polar surface area (TPSA) is 76.6 Å². The van der Waals surface area contributed by atoms with Gasteiger partial charge in [0.1, 0.15) is 5.15 Å². The Labute approximate surface area is 117 Å². The van der Waals surface area contributed by atoms with E-state index in [2.05, 4.69) is 9.72 Å². The van der Waals surface area contributed by atoms with Crippen molar-refractivity contribution in [3.05, 3.63) is 23.5 Å². The van der Waals surface area contributed by atoms with E-state index in [1.54, 1.807) is 6.92 Å². The van der Waals surface area contributed by atoms with Crippen molar-refractivity contribution in [2.75, 3.05) is 20.7 Å². The summed E-state index contributed by atoms with van der Waals surface area (Å²) in [4.78, 5) is 15.0. The van der Waals surface area contributed by atoms with Gasteiger partial charge in [-0.2, -0.15) is 0 Å². The van der Waals surface area contributed by atoms with Gasteiger partial charge in [0.2, 0.25) is 10.0 Å². The van der Waals surface area contributed by atoms with Crippen molar-refractivity contribution in [3.63, 3.8) is 0 Å². The molecule has 1 atom stereocenters. The van der Waals surface area contributed by atoms with Gasteiger partial charge in [-0.15, -0.1) is 0 Å². The van der Waals surface area contributed by atoms with Crippen LogP contribution in [0.3, 0.4) is 0 Å². The van der Waals surface area contributed by atoms with E-state index < -0.39 is 21.9 Å². The summed E-state index contributed by atoms with van der Waals surface area (Å²) in [7, 11) is -1.05. The van der Waals surface area contributed by atoms with E-state index in [0.717, 1.165) is 4.31 Å². The quantitative estimate of drug-likeness (QED) is 0.603. The first-order chi connectivity index (χ1) is 8.78. The monoisotopic (exact) mass is 306 g/mol. The number of ether oxygens (including phenoxy) is 1. The summed E-state index contributed by atoms with van der Waals surface area (Å²) in [5.41, 5.74) is 0. The van der Waals surface area contributed by atoms with E-state index in [-0.39, 0.29) is 16.6 Å². The minimum absolute atomic E-state index is 0.0228. The highest BCUT2D eigenvalue weighted by Crippen LogP contribution is 2.18. The number of methoxy groups -OCH3 is 1. The van der Waals surface area contributed by atoms with Crippen LogP contribution in [0, 0.1) is 5.92 Å². The van der Waals surface area contributed by atoms with Crippen LogP contribution in [0.2, 0.25) is 5.15 Å². The fourth-order valence-electron chi connectivity index (χ4n) is 1.48. The van der Waals surface area contributed by atoms with Crippen molar-refractivity contribution in [2.45, 2.75) is 11.8 Å². The van der Waals surface area contributed by atoms with E-state index in [1.807, 2.05) is 0 Å². The lowest BCUT2D eigenvalue weighted by Gasteiger charge is -2.20. The lowest BCUT2D eigenvalue weighted by atomic mass is 10.2. The summed E-state index contributed by atoms with van der Waals surface area (Å²) in [5.74, 6) is -1.02. The van der Waals surface area contributed by atoms with Gasteiger partial charge in [-0.05, 0) is 12.1 Å². The molecule has 0 aliphatic rings. The van der Waals surface area contributed by atoms with E-state index in [9.17, 15) is 13.2 Å². The molecular formula is C11H15ClN2O4S. The summed E-state index contributed by atoms with van der Waals surface area (Å²) in [5, 5.41) is 0.0930. The highest BCUT2D eigenvalue weighted by molar-refractivity contribution is 7.89. The molecule has 0 amide bonds. The van der Waals surface area contributed by atoms with Gasteiger partial charge in [0.05, 0.1) is 17.9 Å². The second kappa shape index (κ2) is 6.31. The standard InChI is InChI=1S/C11H15ClN2O4S/c1-8(11(15)18-3)7-14(2)19(16,17)9-4-5-13-10(12)6-9/h4-6,8H,7H2,1-3H3. The molecule has 1 aromatic heterocycles. The zero-order valence-electron chi connectivity index (χ0n) is 10.8. The Bertz CT molecular complexity index is 562. The van der Waals surface area contributed by atoms with Crippen molar-refractivity contribution < 1.29 is 17.9 Å². The molecule has 19 heavy (non-hydrogen) atoms. The molecule has 6 nitrogen and oxygen atoms in total. The third kappa shape index (κ3) is 3.89. The Balaban J connectivity index is 2.92. The van der Waals surface area contributed by atoms with Crippen LogP contribution in [0.25, 0.3) is 0 Å². The largest absolute Gasteiger partial charge is 0.469 e. The number of sulfonamides is 1. The Morgan fingerprint density at radius 3 is 2.74 bits per heavy atom. The molecule has 0 spiro atoms. The number of carbonyl (C=O) groups is 1. The predicted octanol–water partition coefficient (Wildman–Crippen LogP) is 1.16. The van der Waals surface area contributed by atoms with E-state index >= 15 is 0 Å². The molecular weight excluding hydrogens is 292 g/mol. The third-order valence-electron chi connectivity index (χ3n) is 2.54. The molecule has 0 radical (unpaired) electrons. The molecule has 0 bridgehead atoms. The lowest BCUT2D eigenvalue weighted by molar-refractivity contribution is -0.144. The molecule has 0 aliphatic heterocycles. The molecule has 1 unspecified atom stereocenters. The molecule has 0 saturated carbocycles. The molecule has 1 heterocycles. The Hall–Kier alpha value is -1.18. The van der Waals surface area contributed by atoms with Crippen LogP contribution in [-0.4, -0.2) is 44.4 Å². The van der Waals surface area contributed by atoms with Gasteiger partial charge in [-0.3, -0.25) is 4.79 Å². The number of nitrogens with zero attached hydrogens (tertiary/aromatic N) is 2. The maximum absolute atomic E-state index is 12.2. The Morgan fingerprint density at radius 2 is 2.21 bits per heavy atom. The maximum atomic E-state index is 12.2. The Morgan fingerprint density at radius 1 is 1.58 bits per heavy atom. The minimum Gasteiger partial charge on any atom is -0.469 e. The van der Waals surface area contributed by atoms with Gasteiger partial charge >= 0.3 is 5.97 Å². The highest BCUT2D eigenvalue weighted by atomic mass is 35.5. The highest BCUT2D eigenvalue weighted by Gasteiger charge is 2.25. The first kappa shape index (κ1) is 15.9. The lowest BCUT2D eigenvalue weighted by Crippen LogP contribution is -2.34. The van der Waals surface area contributed by atoms with Crippen LogP contribution < -0.4 is 0 Å². The molecule has 106 valence electrons. The molecule has 0 fully saturated rings. The molecule has 0 N–H and O–H groups in total. The second-order valence-electron chi connectivity index (χ2n) is 4.02. The van der Waals surface area contributed by atoms with Crippen molar-refractivity contribution in [3.8, 4) is 0 Å².